The molecule has 0 bridgehead atoms. The van der Waals surface area contributed by atoms with E-state index in [0.29, 0.717) is 6.54 Å². The van der Waals surface area contributed by atoms with Crippen molar-refractivity contribution < 1.29 is 19.5 Å². The number of β-lactam (4-membered cyclic amide) rings is 1. The first-order chi connectivity index (χ1) is 14.4. The summed E-state index contributed by atoms with van der Waals surface area (Å²) >= 11 is 1.43. The number of carbonyl (C=O) groups excluding carboxylic acids is 2. The van der Waals surface area contributed by atoms with Gasteiger partial charge in [0.2, 0.25) is 11.8 Å². The summed E-state index contributed by atoms with van der Waals surface area (Å²) in [5.41, 5.74) is 1.75. The molecule has 2 saturated heterocycles. The van der Waals surface area contributed by atoms with Gasteiger partial charge in [-0.25, -0.2) is 4.79 Å². The molecule has 30 heavy (non-hydrogen) atoms. The largest absolute Gasteiger partial charge is 0.480 e. The second-order valence-electron chi connectivity index (χ2n) is 7.73. The van der Waals surface area contributed by atoms with Crippen LogP contribution in [-0.2, 0) is 20.8 Å². The van der Waals surface area contributed by atoms with Crippen molar-refractivity contribution in [3.05, 3.63) is 66.2 Å². The maximum Gasteiger partial charge on any atom is 0.327 e. The number of nitrogens with one attached hydrogen (secondary N) is 2. The molecule has 4 rings (SSSR count). The van der Waals surface area contributed by atoms with Gasteiger partial charge in [0.1, 0.15) is 17.5 Å². The highest BCUT2D eigenvalue weighted by molar-refractivity contribution is 8.01. The summed E-state index contributed by atoms with van der Waals surface area (Å²) in [5.74, 6) is -1.63. The Hall–Kier alpha value is -3.00. The molecule has 2 aromatic rings. The third-order valence-electron chi connectivity index (χ3n) is 5.50. The van der Waals surface area contributed by atoms with E-state index in [1.54, 1.807) is 0 Å². The molecule has 0 spiro atoms. The molecule has 0 aromatic heterocycles. The highest BCUT2D eigenvalue weighted by Gasteiger charge is 2.65. The zero-order valence-electron chi connectivity index (χ0n) is 16.4. The number of benzene rings is 2. The summed E-state index contributed by atoms with van der Waals surface area (Å²) in [6.45, 7) is 2.23. The van der Waals surface area contributed by atoms with Gasteiger partial charge in [0, 0.05) is 12.2 Å². The van der Waals surface area contributed by atoms with Crippen LogP contribution in [0.1, 0.15) is 12.5 Å². The van der Waals surface area contributed by atoms with Gasteiger partial charge in [-0.15, -0.1) is 11.8 Å². The maximum absolute atomic E-state index is 12.7. The van der Waals surface area contributed by atoms with Gasteiger partial charge in [-0.1, -0.05) is 48.5 Å². The monoisotopic (exact) mass is 425 g/mol. The van der Waals surface area contributed by atoms with Gasteiger partial charge in [0.15, 0.2) is 0 Å². The van der Waals surface area contributed by atoms with Gasteiger partial charge in [0.05, 0.1) is 11.2 Å². The number of rotatable bonds is 7. The van der Waals surface area contributed by atoms with Crippen LogP contribution >= 0.6 is 11.8 Å². The van der Waals surface area contributed by atoms with Crippen LogP contribution in [0.4, 0.5) is 5.69 Å². The Morgan fingerprint density at radius 3 is 2.37 bits per heavy atom. The molecule has 0 aliphatic carbocycles. The molecule has 0 radical (unpaired) electrons. The van der Waals surface area contributed by atoms with Gasteiger partial charge in [-0.2, -0.15) is 0 Å². The molecule has 2 amide bonds. The minimum absolute atomic E-state index is 0.178. The summed E-state index contributed by atoms with van der Waals surface area (Å²) in [6.07, 6.45) is 0.178. The number of fused-ring (bicyclic) bond motifs is 1. The molecule has 0 saturated carbocycles. The Morgan fingerprint density at radius 1 is 1.10 bits per heavy atom. The van der Waals surface area contributed by atoms with Crippen molar-refractivity contribution in [2.75, 3.05) is 11.9 Å². The van der Waals surface area contributed by atoms with Crippen LogP contribution in [0.2, 0.25) is 0 Å². The Bertz CT molecular complexity index is 955. The first-order valence-corrected chi connectivity index (χ1v) is 10.6. The lowest BCUT2D eigenvalue weighted by atomic mass is 9.94. The highest BCUT2D eigenvalue weighted by Crippen LogP contribution is 2.51. The van der Waals surface area contributed by atoms with Crippen molar-refractivity contribution in [3.8, 4) is 0 Å². The van der Waals surface area contributed by atoms with Gasteiger partial charge < -0.3 is 20.6 Å². The number of amides is 2. The molecule has 8 heteroatoms. The van der Waals surface area contributed by atoms with Crippen LogP contribution in [0.25, 0.3) is 0 Å². The number of nitrogens with zero attached hydrogens (tertiary/aromatic N) is 1. The minimum Gasteiger partial charge on any atom is -0.480 e. The molecule has 4 atom stereocenters. The number of anilines is 1. The van der Waals surface area contributed by atoms with Crippen molar-refractivity contribution in [1.82, 2.24) is 10.2 Å². The van der Waals surface area contributed by atoms with E-state index in [1.807, 2.05) is 67.6 Å². The fourth-order valence-corrected chi connectivity index (χ4v) is 5.72. The van der Waals surface area contributed by atoms with Crippen molar-refractivity contribution >= 4 is 35.2 Å². The van der Waals surface area contributed by atoms with E-state index < -0.39 is 22.8 Å². The molecular formula is C22H23N3O4S. The van der Waals surface area contributed by atoms with E-state index in [1.165, 1.54) is 16.7 Å². The van der Waals surface area contributed by atoms with E-state index >= 15 is 0 Å². The quantitative estimate of drug-likeness (QED) is 0.587. The Kier molecular flexibility index (Phi) is 5.42. The summed E-state index contributed by atoms with van der Waals surface area (Å²) < 4.78 is -0.735. The number of carboxylic acids is 1. The molecule has 156 valence electrons. The van der Waals surface area contributed by atoms with Crippen LogP contribution < -0.4 is 10.6 Å². The standard InChI is InChI=1S/C22H23N3O4S/c1-22(13-23-15-10-6-3-7-11-15)18(21(28)29)25-19(27)17(20(25)30-22)24-16(26)12-14-8-4-2-5-9-14/h2-11,17-18,20,23H,12-13H2,1H3,(H,24,26)(H,28,29)/t17?,18?,20-,22?/m0/s1. The van der Waals surface area contributed by atoms with Crippen molar-refractivity contribution in [2.45, 2.75) is 35.5 Å². The van der Waals surface area contributed by atoms with Crippen molar-refractivity contribution in [3.63, 3.8) is 0 Å². The first-order valence-electron chi connectivity index (χ1n) is 9.74. The van der Waals surface area contributed by atoms with Crippen LogP contribution in [0.15, 0.2) is 60.7 Å². The lowest BCUT2D eigenvalue weighted by Crippen LogP contribution is -2.71. The van der Waals surface area contributed by atoms with Crippen LogP contribution in [0.3, 0.4) is 0 Å². The zero-order chi connectivity index (χ0) is 21.3. The second-order valence-corrected chi connectivity index (χ2v) is 9.39. The Labute approximate surface area is 178 Å². The maximum atomic E-state index is 12.7. The molecule has 2 heterocycles. The lowest BCUT2D eigenvalue weighted by molar-refractivity contribution is -0.161. The third kappa shape index (κ3) is 3.75. The summed E-state index contributed by atoms with van der Waals surface area (Å²) in [4.78, 5) is 38.5. The van der Waals surface area contributed by atoms with E-state index in [9.17, 15) is 19.5 Å². The normalized spacial score (nSPS) is 27.2. The van der Waals surface area contributed by atoms with Gasteiger partial charge >= 0.3 is 5.97 Å². The van der Waals surface area contributed by atoms with Gasteiger partial charge in [0.25, 0.3) is 0 Å². The molecule has 7 nitrogen and oxygen atoms in total. The number of hydrogen-bond donors (Lipinski definition) is 3. The number of para-hydroxylation sites is 1. The van der Waals surface area contributed by atoms with E-state index in [4.69, 9.17) is 0 Å². The van der Waals surface area contributed by atoms with E-state index in [2.05, 4.69) is 10.6 Å². The van der Waals surface area contributed by atoms with Crippen LogP contribution in [-0.4, -0.2) is 56.5 Å². The highest BCUT2D eigenvalue weighted by atomic mass is 32.2. The predicted octanol–water partition coefficient (Wildman–Crippen LogP) is 1.95. The van der Waals surface area contributed by atoms with Gasteiger partial charge in [-0.3, -0.25) is 9.59 Å². The predicted molar refractivity (Wildman–Crippen MR) is 115 cm³/mol. The lowest BCUT2D eigenvalue weighted by Gasteiger charge is -2.43. The number of carboxylic acid groups (broad SMARTS) is 1. The molecule has 2 aromatic carbocycles. The SMILES string of the molecule is CC1(CNc2ccccc2)S[C@H]2C(NC(=O)Cc3ccccc3)C(=O)N2C1C(=O)O. The summed E-state index contributed by atoms with van der Waals surface area (Å²) in [7, 11) is 0. The molecular weight excluding hydrogens is 402 g/mol. The molecule has 3 unspecified atom stereocenters. The number of thioether (sulfide) groups is 1. The van der Waals surface area contributed by atoms with Crippen molar-refractivity contribution in [2.24, 2.45) is 0 Å². The number of carbonyl (C=O) groups is 3. The fourth-order valence-electron chi connectivity index (χ4n) is 4.01. The topological polar surface area (TPSA) is 98.7 Å². The molecule has 2 aliphatic rings. The zero-order valence-corrected chi connectivity index (χ0v) is 17.3. The molecule has 3 N–H and O–H groups in total. The average Bonchev–Trinajstić information content (AvgIpc) is 3.02. The summed E-state index contributed by atoms with van der Waals surface area (Å²) in [5, 5.41) is 15.5. The van der Waals surface area contributed by atoms with Crippen LogP contribution in [0, 0.1) is 0 Å². The summed E-state index contributed by atoms with van der Waals surface area (Å²) in [6, 6.07) is 17.2. The van der Waals surface area contributed by atoms with E-state index in [0.717, 1.165) is 11.3 Å². The first kappa shape index (κ1) is 20.3. The third-order valence-corrected chi connectivity index (χ3v) is 7.15. The second kappa shape index (κ2) is 8.02. The number of aliphatic carboxylic acids is 1. The fraction of sp³-hybridized carbons (Fsp3) is 0.318. The molecule has 2 fully saturated rings. The minimum atomic E-state index is -1.04. The molecule has 2 aliphatic heterocycles. The average molecular weight is 426 g/mol. The van der Waals surface area contributed by atoms with E-state index in [-0.39, 0.29) is 23.6 Å². The van der Waals surface area contributed by atoms with Gasteiger partial charge in [-0.05, 0) is 24.6 Å². The Balaban J connectivity index is 1.44. The number of hydrogen-bond acceptors (Lipinski definition) is 5. The van der Waals surface area contributed by atoms with Crippen LogP contribution in [0.5, 0.6) is 0 Å². The Morgan fingerprint density at radius 2 is 1.73 bits per heavy atom. The smallest absolute Gasteiger partial charge is 0.327 e. The van der Waals surface area contributed by atoms with Crippen molar-refractivity contribution in [1.29, 1.82) is 0 Å².